The molecule has 6 heteroatoms. The lowest BCUT2D eigenvalue weighted by atomic mass is 10.0. The number of esters is 1. The Morgan fingerprint density at radius 1 is 0.424 bits per heavy atom. The first-order chi connectivity index (χ1) is 32.5. The van der Waals surface area contributed by atoms with Gasteiger partial charge in [0.15, 0.2) is 0 Å². The second-order valence-corrected chi connectivity index (χ2v) is 20.4. The number of aliphatic hydroxyl groups excluding tert-OH is 2. The van der Waals surface area contributed by atoms with Gasteiger partial charge in [0, 0.05) is 12.8 Å². The number of amides is 1. The first-order valence-corrected chi connectivity index (χ1v) is 29.6. The van der Waals surface area contributed by atoms with Crippen LogP contribution in [0.15, 0.2) is 24.3 Å². The third-order valence-corrected chi connectivity index (χ3v) is 13.8. The lowest BCUT2D eigenvalue weighted by Crippen LogP contribution is -2.45. The molecule has 0 aromatic carbocycles. The van der Waals surface area contributed by atoms with Gasteiger partial charge in [0.1, 0.15) is 0 Å². The third kappa shape index (κ3) is 51.7. The van der Waals surface area contributed by atoms with Gasteiger partial charge in [-0.1, -0.05) is 276 Å². The molecule has 0 aliphatic carbocycles. The predicted molar refractivity (Wildman–Crippen MR) is 287 cm³/mol. The number of nitrogens with one attached hydrogen (secondary N) is 1. The van der Waals surface area contributed by atoms with Crippen molar-refractivity contribution in [3.05, 3.63) is 24.3 Å². The van der Waals surface area contributed by atoms with E-state index in [2.05, 4.69) is 43.5 Å². The van der Waals surface area contributed by atoms with Crippen LogP contribution in [0.25, 0.3) is 0 Å². The minimum atomic E-state index is -0.670. The van der Waals surface area contributed by atoms with Crippen LogP contribution in [0.5, 0.6) is 0 Å². The van der Waals surface area contributed by atoms with E-state index in [1.165, 1.54) is 218 Å². The largest absolute Gasteiger partial charge is 0.466 e. The number of rotatable bonds is 55. The summed E-state index contributed by atoms with van der Waals surface area (Å²) in [4.78, 5) is 24.5. The molecule has 0 radical (unpaired) electrons. The smallest absolute Gasteiger partial charge is 0.305 e. The Morgan fingerprint density at radius 2 is 0.742 bits per heavy atom. The maximum Gasteiger partial charge on any atom is 0.305 e. The van der Waals surface area contributed by atoms with Gasteiger partial charge in [-0.25, -0.2) is 0 Å². The zero-order valence-corrected chi connectivity index (χ0v) is 44.4. The first kappa shape index (κ1) is 64.3. The molecule has 2 unspecified atom stereocenters. The summed E-state index contributed by atoms with van der Waals surface area (Å²) in [6.45, 7) is 4.93. The van der Waals surface area contributed by atoms with Crippen LogP contribution in [0, 0.1) is 0 Å². The maximum absolute atomic E-state index is 12.5. The van der Waals surface area contributed by atoms with Crippen LogP contribution < -0.4 is 5.32 Å². The molecule has 0 aliphatic heterocycles. The Bertz CT molecular complexity index is 1030. The quantitative estimate of drug-likeness (QED) is 0.0321. The number of carbonyl (C=O) groups excluding carboxylic acids is 2. The summed E-state index contributed by atoms with van der Waals surface area (Å²) < 4.78 is 5.47. The molecule has 0 saturated heterocycles. The van der Waals surface area contributed by atoms with Gasteiger partial charge in [-0.3, -0.25) is 9.59 Å². The number of carbonyl (C=O) groups is 2. The van der Waals surface area contributed by atoms with Crippen LogP contribution in [0.1, 0.15) is 322 Å². The Morgan fingerprint density at radius 3 is 1.12 bits per heavy atom. The van der Waals surface area contributed by atoms with E-state index in [-0.39, 0.29) is 18.5 Å². The highest BCUT2D eigenvalue weighted by Crippen LogP contribution is 2.17. The SMILES string of the molecule is CCCCCCCCCCCCCCCCCCCC(=O)OCCCCC/C=C\C=C/CCCCCCCCCCCCC(=O)NC(CO)C(O)CCCCCCCCCCCCCCC. The van der Waals surface area contributed by atoms with Crippen LogP contribution in [0.2, 0.25) is 0 Å². The molecule has 0 spiro atoms. The first-order valence-electron chi connectivity index (χ1n) is 29.6. The molecule has 6 nitrogen and oxygen atoms in total. The number of hydrogen-bond donors (Lipinski definition) is 3. The van der Waals surface area contributed by atoms with E-state index in [0.29, 0.717) is 25.9 Å². The monoisotopic (exact) mass is 930 g/mol. The fourth-order valence-corrected chi connectivity index (χ4v) is 9.22. The standard InChI is InChI=1S/C60H115NO5/c1-3-5-7-9-11-13-15-17-18-22-26-30-34-38-42-46-50-54-60(65)66-55-51-47-43-39-35-31-27-24-21-19-20-23-25-29-33-37-41-45-49-53-59(64)61-57(56-62)58(63)52-48-44-40-36-32-28-16-14-12-10-8-6-4-2/h24,27,31,35,57-58,62-63H,3-23,25-26,28-30,32-34,36-56H2,1-2H3,(H,61,64)/b27-24-,35-31-. The summed E-state index contributed by atoms with van der Waals surface area (Å²) in [5.41, 5.74) is 0. The number of ether oxygens (including phenoxy) is 1. The van der Waals surface area contributed by atoms with Crippen molar-refractivity contribution >= 4 is 11.9 Å². The second kappa shape index (κ2) is 55.9. The van der Waals surface area contributed by atoms with Crippen molar-refractivity contribution in [2.45, 2.75) is 334 Å². The lowest BCUT2D eigenvalue weighted by Gasteiger charge is -2.22. The Balaban J connectivity index is 3.45. The van der Waals surface area contributed by atoms with E-state index < -0.39 is 12.1 Å². The van der Waals surface area contributed by atoms with E-state index in [4.69, 9.17) is 4.74 Å². The van der Waals surface area contributed by atoms with Crippen LogP contribution in [0.4, 0.5) is 0 Å². The molecule has 0 aromatic rings. The summed E-state index contributed by atoms with van der Waals surface area (Å²) in [7, 11) is 0. The van der Waals surface area contributed by atoms with Crippen molar-refractivity contribution in [2.24, 2.45) is 0 Å². The maximum atomic E-state index is 12.5. The highest BCUT2D eigenvalue weighted by atomic mass is 16.5. The molecule has 0 heterocycles. The van der Waals surface area contributed by atoms with Gasteiger partial charge in [0.2, 0.25) is 5.91 Å². The summed E-state index contributed by atoms with van der Waals surface area (Å²) in [5, 5.41) is 23.2. The summed E-state index contributed by atoms with van der Waals surface area (Å²) >= 11 is 0. The predicted octanol–water partition coefficient (Wildman–Crippen LogP) is 18.2. The van der Waals surface area contributed by atoms with Crippen molar-refractivity contribution < 1.29 is 24.5 Å². The van der Waals surface area contributed by atoms with Gasteiger partial charge < -0.3 is 20.3 Å². The highest BCUT2D eigenvalue weighted by molar-refractivity contribution is 5.76. The number of aliphatic hydroxyl groups is 2. The van der Waals surface area contributed by atoms with Gasteiger partial charge in [0.05, 0.1) is 25.4 Å². The molecule has 2 atom stereocenters. The Labute approximate surface area is 411 Å². The van der Waals surface area contributed by atoms with Crippen LogP contribution in [-0.2, 0) is 14.3 Å². The number of allylic oxidation sites excluding steroid dienone is 4. The molecular weight excluding hydrogens is 815 g/mol. The van der Waals surface area contributed by atoms with Crippen molar-refractivity contribution in [2.75, 3.05) is 13.2 Å². The molecule has 0 aromatic heterocycles. The van der Waals surface area contributed by atoms with Gasteiger partial charge >= 0.3 is 5.97 Å². The Hall–Kier alpha value is -1.66. The van der Waals surface area contributed by atoms with Crippen molar-refractivity contribution in [3.8, 4) is 0 Å². The number of hydrogen-bond acceptors (Lipinski definition) is 5. The van der Waals surface area contributed by atoms with Gasteiger partial charge in [0.25, 0.3) is 0 Å². The van der Waals surface area contributed by atoms with E-state index in [1.807, 2.05) is 0 Å². The topological polar surface area (TPSA) is 95.9 Å². The zero-order valence-electron chi connectivity index (χ0n) is 44.4. The fourth-order valence-electron chi connectivity index (χ4n) is 9.22. The molecule has 0 aliphatic rings. The molecule has 0 fully saturated rings. The average molecular weight is 931 g/mol. The molecule has 390 valence electrons. The van der Waals surface area contributed by atoms with E-state index in [0.717, 1.165) is 70.6 Å². The lowest BCUT2D eigenvalue weighted by molar-refractivity contribution is -0.143. The molecule has 0 saturated carbocycles. The van der Waals surface area contributed by atoms with E-state index in [9.17, 15) is 19.8 Å². The fraction of sp³-hybridized carbons (Fsp3) is 0.900. The number of unbranched alkanes of at least 4 members (excludes halogenated alkanes) is 41. The average Bonchev–Trinajstić information content (AvgIpc) is 3.32. The van der Waals surface area contributed by atoms with Crippen molar-refractivity contribution in [1.82, 2.24) is 5.32 Å². The van der Waals surface area contributed by atoms with E-state index in [1.54, 1.807) is 0 Å². The molecule has 0 rings (SSSR count). The van der Waals surface area contributed by atoms with Crippen LogP contribution >= 0.6 is 0 Å². The van der Waals surface area contributed by atoms with E-state index >= 15 is 0 Å². The second-order valence-electron chi connectivity index (χ2n) is 20.4. The van der Waals surface area contributed by atoms with Gasteiger partial charge in [-0.15, -0.1) is 0 Å². The van der Waals surface area contributed by atoms with Crippen molar-refractivity contribution in [1.29, 1.82) is 0 Å². The zero-order chi connectivity index (χ0) is 47.9. The molecule has 3 N–H and O–H groups in total. The normalized spacial score (nSPS) is 12.7. The van der Waals surface area contributed by atoms with Crippen molar-refractivity contribution in [3.63, 3.8) is 0 Å². The molecule has 66 heavy (non-hydrogen) atoms. The van der Waals surface area contributed by atoms with Crippen LogP contribution in [0.3, 0.4) is 0 Å². The Kier molecular flexibility index (Phi) is 54.5. The van der Waals surface area contributed by atoms with Gasteiger partial charge in [-0.2, -0.15) is 0 Å². The third-order valence-electron chi connectivity index (χ3n) is 13.8. The van der Waals surface area contributed by atoms with Crippen LogP contribution in [-0.4, -0.2) is 47.4 Å². The van der Waals surface area contributed by atoms with Gasteiger partial charge in [-0.05, 0) is 57.8 Å². The summed E-state index contributed by atoms with van der Waals surface area (Å²) in [6, 6.07) is -0.548. The minimum Gasteiger partial charge on any atom is -0.466 e. The molecule has 1 amide bonds. The molecular formula is C60H115NO5. The summed E-state index contributed by atoms with van der Waals surface area (Å²) in [5.74, 6) is -0.0533. The summed E-state index contributed by atoms with van der Waals surface area (Å²) in [6.07, 6.45) is 67.5. The molecule has 0 bridgehead atoms. The highest BCUT2D eigenvalue weighted by Gasteiger charge is 2.20. The minimum absolute atomic E-state index is 0.00916.